The van der Waals surface area contributed by atoms with E-state index >= 15 is 0 Å². The molecule has 2 bridgehead atoms. The molecule has 6 nitrogen and oxygen atoms in total. The summed E-state index contributed by atoms with van der Waals surface area (Å²) in [4.78, 5) is 43.1. The summed E-state index contributed by atoms with van der Waals surface area (Å²) in [7, 11) is 0. The zero-order chi connectivity index (χ0) is 20.8. The number of rotatable bonds is 5. The van der Waals surface area contributed by atoms with Crippen molar-refractivity contribution in [1.29, 1.82) is 0 Å². The Bertz CT molecular complexity index is 879. The number of benzene rings is 1. The van der Waals surface area contributed by atoms with Gasteiger partial charge in [0, 0.05) is 39.1 Å². The lowest BCUT2D eigenvalue weighted by molar-refractivity contribution is -0.141. The van der Waals surface area contributed by atoms with Crippen LogP contribution in [0.2, 0.25) is 0 Å². The average Bonchev–Trinajstić information content (AvgIpc) is 3.44. The Hall–Kier alpha value is -2.70. The second kappa shape index (κ2) is 7.52. The molecule has 0 radical (unpaired) electrons. The summed E-state index contributed by atoms with van der Waals surface area (Å²) in [6.07, 6.45) is 5.91. The molecule has 2 heterocycles. The van der Waals surface area contributed by atoms with E-state index in [0.29, 0.717) is 51.3 Å². The number of hydrogen-bond acceptors (Lipinski definition) is 4. The lowest BCUT2D eigenvalue weighted by atomic mass is 9.85. The second-order valence-electron chi connectivity index (χ2n) is 8.75. The van der Waals surface area contributed by atoms with Gasteiger partial charge in [-0.15, -0.1) is 0 Å². The fraction of sp³-hybridized carbons (Fsp3) is 0.522. The van der Waals surface area contributed by atoms with Crippen LogP contribution < -0.4 is 4.90 Å². The number of piperazine rings is 1. The zero-order valence-corrected chi connectivity index (χ0v) is 16.9. The van der Waals surface area contributed by atoms with E-state index < -0.39 is 0 Å². The van der Waals surface area contributed by atoms with Gasteiger partial charge in [-0.3, -0.25) is 19.3 Å². The Labute approximate surface area is 175 Å². The first-order chi connectivity index (χ1) is 14.5. The molecule has 2 saturated heterocycles. The summed E-state index contributed by atoms with van der Waals surface area (Å²) < 4.78 is 14.0. The molecule has 30 heavy (non-hydrogen) atoms. The standard InChI is InChI=1S/C23H26FN3O3/c24-17-4-1-2-5-18(17)25-10-12-26(13-11-25)19(28)6-3-9-27-22(29)20-15-7-8-16(14-15)21(20)23(27)30/h1-2,4-5,7-8,15-16,20-21H,3,6,9-14H2/t15-,16-,20-,21-/m0/s1. The van der Waals surface area contributed by atoms with Crippen molar-refractivity contribution in [2.75, 3.05) is 37.6 Å². The number of carbonyl (C=O) groups excluding carboxylic acids is 3. The summed E-state index contributed by atoms with van der Waals surface area (Å²) >= 11 is 0. The molecule has 0 unspecified atom stereocenters. The van der Waals surface area contributed by atoms with Crippen LogP contribution >= 0.6 is 0 Å². The molecule has 1 saturated carbocycles. The fourth-order valence-corrected chi connectivity index (χ4v) is 5.64. The number of imide groups is 1. The Morgan fingerprint density at radius 2 is 1.60 bits per heavy atom. The van der Waals surface area contributed by atoms with Gasteiger partial charge in [-0.05, 0) is 36.8 Å². The maximum atomic E-state index is 14.0. The predicted molar refractivity (Wildman–Crippen MR) is 109 cm³/mol. The summed E-state index contributed by atoms with van der Waals surface area (Å²) in [5, 5.41) is 0. The van der Waals surface area contributed by atoms with E-state index in [4.69, 9.17) is 0 Å². The first-order valence-corrected chi connectivity index (χ1v) is 10.9. The number of amides is 3. The van der Waals surface area contributed by atoms with Crippen molar-refractivity contribution in [3.63, 3.8) is 0 Å². The van der Waals surface area contributed by atoms with Gasteiger partial charge in [-0.2, -0.15) is 0 Å². The van der Waals surface area contributed by atoms with Gasteiger partial charge in [-0.1, -0.05) is 24.3 Å². The highest BCUT2D eigenvalue weighted by atomic mass is 19.1. The smallest absolute Gasteiger partial charge is 0.233 e. The van der Waals surface area contributed by atoms with Gasteiger partial charge in [-0.25, -0.2) is 4.39 Å². The van der Waals surface area contributed by atoms with Crippen molar-refractivity contribution in [3.8, 4) is 0 Å². The first kappa shape index (κ1) is 19.3. The van der Waals surface area contributed by atoms with Gasteiger partial charge in [0.05, 0.1) is 17.5 Å². The van der Waals surface area contributed by atoms with Crippen LogP contribution in [0.25, 0.3) is 0 Å². The number of hydrogen-bond donors (Lipinski definition) is 0. The molecule has 7 heteroatoms. The number of allylic oxidation sites excluding steroid dienone is 2. The monoisotopic (exact) mass is 411 g/mol. The van der Waals surface area contributed by atoms with Crippen molar-refractivity contribution < 1.29 is 18.8 Å². The third kappa shape index (κ3) is 3.11. The number of nitrogens with zero attached hydrogens (tertiary/aromatic N) is 3. The van der Waals surface area contributed by atoms with E-state index in [-0.39, 0.29) is 47.2 Å². The SMILES string of the molecule is O=C(CCCN1C(=O)[C@@H]2[C@@H](C1=O)[C@H]1C=C[C@H]2C1)N1CCN(c2ccccc2F)CC1. The maximum absolute atomic E-state index is 14.0. The van der Waals surface area contributed by atoms with E-state index in [9.17, 15) is 18.8 Å². The van der Waals surface area contributed by atoms with Crippen LogP contribution in [0, 0.1) is 29.5 Å². The van der Waals surface area contributed by atoms with Gasteiger partial charge >= 0.3 is 0 Å². The van der Waals surface area contributed by atoms with Crippen LogP contribution in [-0.2, 0) is 14.4 Å². The van der Waals surface area contributed by atoms with E-state index in [1.54, 1.807) is 17.0 Å². The Balaban J connectivity index is 1.10. The van der Waals surface area contributed by atoms with Crippen LogP contribution in [0.15, 0.2) is 36.4 Å². The minimum absolute atomic E-state index is 0.0317. The van der Waals surface area contributed by atoms with Crippen molar-refractivity contribution in [1.82, 2.24) is 9.80 Å². The molecular formula is C23H26FN3O3. The highest BCUT2D eigenvalue weighted by molar-refractivity contribution is 6.06. The molecule has 158 valence electrons. The molecule has 1 aromatic rings. The number of likely N-dealkylation sites (tertiary alicyclic amines) is 1. The highest BCUT2D eigenvalue weighted by Crippen LogP contribution is 2.52. The molecule has 0 N–H and O–H groups in total. The number of halogens is 1. The lowest BCUT2D eigenvalue weighted by Crippen LogP contribution is -2.49. The molecule has 3 amide bonds. The minimum Gasteiger partial charge on any atom is -0.366 e. The topological polar surface area (TPSA) is 60.9 Å². The molecule has 0 spiro atoms. The predicted octanol–water partition coefficient (Wildman–Crippen LogP) is 2.06. The molecule has 0 aromatic heterocycles. The number of para-hydroxylation sites is 1. The summed E-state index contributed by atoms with van der Waals surface area (Å²) in [5.74, 6) is -0.220. The average molecular weight is 411 g/mol. The Morgan fingerprint density at radius 3 is 2.23 bits per heavy atom. The van der Waals surface area contributed by atoms with Crippen LogP contribution in [-0.4, -0.2) is 60.2 Å². The van der Waals surface area contributed by atoms with Gasteiger partial charge < -0.3 is 9.80 Å². The van der Waals surface area contributed by atoms with Crippen LogP contribution in [0.5, 0.6) is 0 Å². The van der Waals surface area contributed by atoms with Gasteiger partial charge in [0.15, 0.2) is 0 Å². The van der Waals surface area contributed by atoms with E-state index in [0.717, 1.165) is 6.42 Å². The summed E-state index contributed by atoms with van der Waals surface area (Å²) in [5.41, 5.74) is 0.574. The maximum Gasteiger partial charge on any atom is 0.233 e. The third-order valence-corrected chi connectivity index (χ3v) is 7.16. The van der Waals surface area contributed by atoms with Crippen LogP contribution in [0.4, 0.5) is 10.1 Å². The van der Waals surface area contributed by atoms with Gasteiger partial charge in [0.2, 0.25) is 17.7 Å². The molecule has 2 aliphatic carbocycles. The molecule has 1 aromatic carbocycles. The number of anilines is 1. The van der Waals surface area contributed by atoms with Crippen molar-refractivity contribution in [2.45, 2.75) is 19.3 Å². The quantitative estimate of drug-likeness (QED) is 0.550. The number of carbonyl (C=O) groups is 3. The molecular weight excluding hydrogens is 385 g/mol. The Kier molecular flexibility index (Phi) is 4.83. The zero-order valence-electron chi connectivity index (χ0n) is 16.9. The minimum atomic E-state index is -0.245. The first-order valence-electron chi connectivity index (χ1n) is 10.9. The normalized spacial score (nSPS) is 29.8. The second-order valence-corrected chi connectivity index (χ2v) is 8.75. The Morgan fingerprint density at radius 1 is 0.967 bits per heavy atom. The fourth-order valence-electron chi connectivity index (χ4n) is 5.64. The molecule has 4 aliphatic rings. The highest BCUT2D eigenvalue weighted by Gasteiger charge is 2.58. The molecule has 3 fully saturated rings. The largest absolute Gasteiger partial charge is 0.366 e. The van der Waals surface area contributed by atoms with Crippen molar-refractivity contribution in [2.24, 2.45) is 23.7 Å². The third-order valence-electron chi connectivity index (χ3n) is 7.16. The van der Waals surface area contributed by atoms with E-state index in [1.807, 2.05) is 11.0 Å². The molecule has 4 atom stereocenters. The van der Waals surface area contributed by atoms with E-state index in [1.165, 1.54) is 11.0 Å². The summed E-state index contributed by atoms with van der Waals surface area (Å²) in [6.45, 7) is 2.61. The summed E-state index contributed by atoms with van der Waals surface area (Å²) in [6, 6.07) is 6.69. The van der Waals surface area contributed by atoms with E-state index in [2.05, 4.69) is 12.2 Å². The van der Waals surface area contributed by atoms with Crippen molar-refractivity contribution in [3.05, 3.63) is 42.2 Å². The lowest BCUT2D eigenvalue weighted by Gasteiger charge is -2.36. The van der Waals surface area contributed by atoms with Gasteiger partial charge in [0.25, 0.3) is 0 Å². The number of fused-ring (bicyclic) bond motifs is 5. The molecule has 5 rings (SSSR count). The van der Waals surface area contributed by atoms with Crippen molar-refractivity contribution >= 4 is 23.4 Å². The van der Waals surface area contributed by atoms with Crippen LogP contribution in [0.3, 0.4) is 0 Å². The van der Waals surface area contributed by atoms with Gasteiger partial charge in [0.1, 0.15) is 5.82 Å². The van der Waals surface area contributed by atoms with Crippen LogP contribution in [0.1, 0.15) is 19.3 Å². The molecule has 2 aliphatic heterocycles.